The van der Waals surface area contributed by atoms with Crippen LogP contribution in [0.25, 0.3) is 0 Å². The fraction of sp³-hybridized carbons (Fsp3) is 0.250. The molecule has 2 aromatic carbocycles. The van der Waals surface area contributed by atoms with Crippen LogP contribution >= 0.6 is 0 Å². The van der Waals surface area contributed by atoms with E-state index in [0.29, 0.717) is 6.07 Å². The van der Waals surface area contributed by atoms with Gasteiger partial charge in [-0.15, -0.1) is 0 Å². The number of hydrogen-bond donors (Lipinski definition) is 1. The molecule has 0 fully saturated rings. The van der Waals surface area contributed by atoms with Gasteiger partial charge >= 0.3 is 18.0 Å². The summed E-state index contributed by atoms with van der Waals surface area (Å²) in [4.78, 5) is 9.21. The average Bonchev–Trinajstić information content (AvgIpc) is 2.60. The number of nitrogen functional groups attached to an aromatic ring is 1. The molecule has 0 saturated carbocycles. The monoisotopic (exact) mass is 448 g/mol. The van der Waals surface area contributed by atoms with E-state index in [1.807, 2.05) is 0 Å². The van der Waals surface area contributed by atoms with Crippen LogP contribution < -0.4 is 15.2 Å². The predicted octanol–water partition coefficient (Wildman–Crippen LogP) is 5.02. The second-order valence-electron chi connectivity index (χ2n) is 5.36. The Balaban J connectivity index is 0.000000303. The fourth-order valence-electron chi connectivity index (χ4n) is 1.65. The van der Waals surface area contributed by atoms with Crippen molar-refractivity contribution in [1.29, 1.82) is 0 Å². The van der Waals surface area contributed by atoms with Crippen LogP contribution in [-0.2, 0) is 0 Å². The van der Waals surface area contributed by atoms with E-state index in [1.165, 1.54) is 6.07 Å². The minimum atomic E-state index is -4.54. The van der Waals surface area contributed by atoms with Crippen molar-refractivity contribution in [3.05, 3.63) is 58.1 Å². The van der Waals surface area contributed by atoms with Crippen molar-refractivity contribution in [2.24, 2.45) is 0 Å². The first-order valence-corrected chi connectivity index (χ1v) is 7.56. The summed E-state index contributed by atoms with van der Waals surface area (Å²) in [5.74, 6) is -2.66. The summed E-state index contributed by atoms with van der Waals surface area (Å²) in [5.41, 5.74) is 4.16. The van der Waals surface area contributed by atoms with E-state index in [-0.39, 0.29) is 11.4 Å². The molecule has 0 aliphatic carbocycles. The van der Waals surface area contributed by atoms with Gasteiger partial charge in [0.15, 0.2) is 13.2 Å². The summed E-state index contributed by atoms with van der Waals surface area (Å²) >= 11 is 0. The molecule has 0 heterocycles. The molecule has 30 heavy (non-hydrogen) atoms. The molecular weight excluding hydrogens is 436 g/mol. The number of halogens is 8. The van der Waals surface area contributed by atoms with Gasteiger partial charge in [0.2, 0.25) is 5.82 Å². The van der Waals surface area contributed by atoms with Crippen LogP contribution in [0.1, 0.15) is 0 Å². The summed E-state index contributed by atoms with van der Waals surface area (Å²) in [6.45, 7) is -3.03. The first-order chi connectivity index (χ1) is 13.7. The number of anilines is 1. The first kappa shape index (κ1) is 24.7. The Morgan fingerprint density at radius 3 is 1.63 bits per heavy atom. The van der Waals surface area contributed by atoms with Crippen molar-refractivity contribution in [3.63, 3.8) is 0 Å². The van der Waals surface area contributed by atoms with Crippen molar-refractivity contribution in [2.45, 2.75) is 12.4 Å². The third kappa shape index (κ3) is 9.25. The van der Waals surface area contributed by atoms with E-state index in [4.69, 9.17) is 5.73 Å². The number of ether oxygens (including phenoxy) is 2. The number of nitro groups is 1. The summed E-state index contributed by atoms with van der Waals surface area (Å²) in [7, 11) is 0. The third-order valence-corrected chi connectivity index (χ3v) is 2.89. The van der Waals surface area contributed by atoms with E-state index in [2.05, 4.69) is 9.47 Å². The van der Waals surface area contributed by atoms with Crippen LogP contribution in [0.15, 0.2) is 36.4 Å². The largest absolute Gasteiger partial charge is 0.484 e. The van der Waals surface area contributed by atoms with Crippen molar-refractivity contribution < 1.29 is 49.5 Å². The van der Waals surface area contributed by atoms with Crippen LogP contribution in [0.3, 0.4) is 0 Å². The van der Waals surface area contributed by atoms with E-state index < -0.39 is 53.6 Å². The summed E-state index contributed by atoms with van der Waals surface area (Å²) < 4.78 is 104. The zero-order valence-electron chi connectivity index (χ0n) is 14.6. The molecule has 0 atom stereocenters. The maximum atomic E-state index is 12.9. The molecule has 0 radical (unpaired) electrons. The Bertz CT molecular complexity index is 871. The van der Waals surface area contributed by atoms with Crippen LogP contribution in [0.4, 0.5) is 46.5 Å². The molecule has 14 heteroatoms. The number of nitrogens with two attached hydrogens (primary N) is 1. The Morgan fingerprint density at radius 2 is 1.27 bits per heavy atom. The molecule has 0 unspecified atom stereocenters. The number of rotatable bonds is 5. The Hall–Kier alpha value is -3.32. The van der Waals surface area contributed by atoms with Gasteiger partial charge in [0.05, 0.1) is 10.6 Å². The van der Waals surface area contributed by atoms with Crippen molar-refractivity contribution in [1.82, 2.24) is 0 Å². The molecule has 0 amide bonds. The topological polar surface area (TPSA) is 87.6 Å². The molecule has 0 spiro atoms. The van der Waals surface area contributed by atoms with Gasteiger partial charge < -0.3 is 15.2 Å². The molecular formula is C16H12F8N2O4. The average molecular weight is 448 g/mol. The van der Waals surface area contributed by atoms with Gasteiger partial charge in [0.25, 0.3) is 0 Å². The Labute approximate surface area is 162 Å². The highest BCUT2D eigenvalue weighted by molar-refractivity contribution is 5.43. The minimum Gasteiger partial charge on any atom is -0.484 e. The quantitative estimate of drug-likeness (QED) is 0.300. The van der Waals surface area contributed by atoms with Crippen molar-refractivity contribution in [3.8, 4) is 11.5 Å². The van der Waals surface area contributed by atoms with Gasteiger partial charge in [-0.1, -0.05) is 0 Å². The van der Waals surface area contributed by atoms with E-state index in [1.54, 1.807) is 0 Å². The van der Waals surface area contributed by atoms with Gasteiger partial charge in [-0.2, -0.15) is 30.7 Å². The van der Waals surface area contributed by atoms with Gasteiger partial charge in [-0.05, 0) is 18.2 Å². The number of nitro benzene ring substituents is 1. The maximum Gasteiger partial charge on any atom is 0.422 e. The van der Waals surface area contributed by atoms with Gasteiger partial charge in [0.1, 0.15) is 17.3 Å². The van der Waals surface area contributed by atoms with E-state index in [9.17, 15) is 45.2 Å². The van der Waals surface area contributed by atoms with E-state index >= 15 is 0 Å². The third-order valence-electron chi connectivity index (χ3n) is 2.89. The van der Waals surface area contributed by atoms with Crippen LogP contribution in [0.5, 0.6) is 11.5 Å². The zero-order chi connectivity index (χ0) is 23.1. The van der Waals surface area contributed by atoms with Gasteiger partial charge in [-0.3, -0.25) is 10.1 Å². The molecule has 0 aliphatic heterocycles. The zero-order valence-corrected chi connectivity index (χ0v) is 14.6. The first-order valence-electron chi connectivity index (χ1n) is 7.56. The van der Waals surface area contributed by atoms with E-state index in [0.717, 1.165) is 24.3 Å². The molecule has 2 rings (SSSR count). The number of hydrogen-bond acceptors (Lipinski definition) is 5. The lowest BCUT2D eigenvalue weighted by Gasteiger charge is -2.09. The minimum absolute atomic E-state index is 0.135. The summed E-state index contributed by atoms with van der Waals surface area (Å²) in [6.07, 6.45) is -8.98. The smallest absolute Gasteiger partial charge is 0.422 e. The highest BCUT2D eigenvalue weighted by Crippen LogP contribution is 2.24. The second kappa shape index (κ2) is 9.93. The van der Waals surface area contributed by atoms with Crippen LogP contribution in [0.2, 0.25) is 0 Å². The van der Waals surface area contributed by atoms with Crippen molar-refractivity contribution in [2.75, 3.05) is 18.9 Å². The molecule has 0 aromatic heterocycles. The Morgan fingerprint density at radius 1 is 0.833 bits per heavy atom. The normalized spacial score (nSPS) is 11.3. The lowest BCUT2D eigenvalue weighted by Crippen LogP contribution is -2.19. The molecule has 0 bridgehead atoms. The molecule has 166 valence electrons. The fourth-order valence-corrected chi connectivity index (χ4v) is 1.65. The summed E-state index contributed by atoms with van der Waals surface area (Å²) in [5, 5.41) is 10.2. The number of alkyl halides is 6. The molecule has 0 saturated heterocycles. The van der Waals surface area contributed by atoms with Crippen LogP contribution in [0, 0.1) is 21.7 Å². The lowest BCUT2D eigenvalue weighted by molar-refractivity contribution is -0.387. The van der Waals surface area contributed by atoms with Crippen LogP contribution in [-0.4, -0.2) is 30.5 Å². The lowest BCUT2D eigenvalue weighted by atomic mass is 10.3. The standard InChI is InChI=1S/C8H5F4NO3.C8H7F4NO/c9-6-3-5(16-4-8(10,11)12)1-2-7(6)13(14)15;9-6-3-5(1-2-7(6)13)14-4-8(10,11)12/h1-3H,4H2;1-3H,4,13H2. The van der Waals surface area contributed by atoms with Gasteiger partial charge in [0, 0.05) is 18.2 Å². The van der Waals surface area contributed by atoms with Crippen molar-refractivity contribution >= 4 is 11.4 Å². The Kier molecular flexibility index (Phi) is 8.19. The maximum absolute atomic E-state index is 12.9. The number of benzene rings is 2. The highest BCUT2D eigenvalue weighted by atomic mass is 19.4. The molecule has 6 nitrogen and oxygen atoms in total. The molecule has 2 N–H and O–H groups in total. The highest BCUT2D eigenvalue weighted by Gasteiger charge is 2.29. The SMILES string of the molecule is Nc1ccc(OCC(F)(F)F)cc1F.O=[N+]([O-])c1ccc(OCC(F)(F)F)cc1F. The molecule has 2 aromatic rings. The predicted molar refractivity (Wildman–Crippen MR) is 87.0 cm³/mol. The second-order valence-corrected chi connectivity index (χ2v) is 5.36. The molecule has 0 aliphatic rings. The number of nitrogens with zero attached hydrogens (tertiary/aromatic N) is 1. The van der Waals surface area contributed by atoms with Gasteiger partial charge in [-0.25, -0.2) is 4.39 Å². The summed E-state index contributed by atoms with van der Waals surface area (Å²) in [6, 6.07) is 5.28.